The Bertz CT molecular complexity index is 3250. The molecule has 5 heteroatoms. The molecule has 0 aliphatic carbocycles. The molecule has 0 aliphatic rings. The average Bonchev–Trinajstić information content (AvgIpc) is 3.82. The van der Waals surface area contributed by atoms with Crippen LogP contribution in [0.5, 0.6) is 0 Å². The van der Waals surface area contributed by atoms with Crippen LogP contribution in [0.15, 0.2) is 199 Å². The minimum atomic E-state index is 0.592. The standard InChI is InChI=1S/C51H32N4O/c1-3-15-33(16-4-1)34-17-13-18-35(31-34)38-21-7-8-23-40(38)50-52-49(36-29-30-47-43(32-36)39-22-10-12-28-46(39)56-47)53-51(54-50)42-25-14-27-45-48(42)41-24-9-11-26-44(41)55(45)37-19-5-2-6-20-37/h1-32H. The number of fused-ring (bicyclic) bond motifs is 6. The molecule has 11 aromatic rings. The molecule has 0 spiro atoms. The van der Waals surface area contributed by atoms with Gasteiger partial charge in [-0.3, -0.25) is 0 Å². The Balaban J connectivity index is 1.17. The maximum atomic E-state index is 6.21. The number of rotatable bonds is 6. The Hall–Kier alpha value is -7.63. The van der Waals surface area contributed by atoms with E-state index in [1.54, 1.807) is 0 Å². The summed E-state index contributed by atoms with van der Waals surface area (Å²) in [7, 11) is 0. The maximum absolute atomic E-state index is 6.21. The highest BCUT2D eigenvalue weighted by Crippen LogP contribution is 2.40. The van der Waals surface area contributed by atoms with Crippen LogP contribution in [0.4, 0.5) is 0 Å². The van der Waals surface area contributed by atoms with E-state index in [4.69, 9.17) is 19.4 Å². The third kappa shape index (κ3) is 5.29. The molecule has 5 nitrogen and oxygen atoms in total. The second-order valence-electron chi connectivity index (χ2n) is 14.0. The van der Waals surface area contributed by atoms with Crippen molar-refractivity contribution in [3.63, 3.8) is 0 Å². The van der Waals surface area contributed by atoms with Crippen molar-refractivity contribution in [3.8, 4) is 62.1 Å². The lowest BCUT2D eigenvalue weighted by molar-refractivity contribution is 0.669. The molecular formula is C51H32N4O. The maximum Gasteiger partial charge on any atom is 0.164 e. The average molecular weight is 717 g/mol. The molecule has 0 atom stereocenters. The molecule has 0 unspecified atom stereocenters. The Morgan fingerprint density at radius 3 is 1.79 bits per heavy atom. The zero-order valence-corrected chi connectivity index (χ0v) is 30.2. The minimum absolute atomic E-state index is 0.592. The summed E-state index contributed by atoms with van der Waals surface area (Å²) < 4.78 is 8.53. The topological polar surface area (TPSA) is 56.7 Å². The SMILES string of the molecule is c1ccc(-c2cccc(-c3ccccc3-c3nc(-c4ccc5oc6ccccc6c5c4)nc(-c4cccc5c4c4ccccc4n5-c4ccccc4)n3)c2)cc1. The molecule has 0 amide bonds. The van der Waals surface area contributed by atoms with Crippen molar-refractivity contribution in [2.45, 2.75) is 0 Å². The summed E-state index contributed by atoms with van der Waals surface area (Å²) in [4.78, 5) is 15.9. The number of hydrogen-bond acceptors (Lipinski definition) is 4. The van der Waals surface area contributed by atoms with Gasteiger partial charge in [0.1, 0.15) is 11.2 Å². The van der Waals surface area contributed by atoms with E-state index in [-0.39, 0.29) is 0 Å². The van der Waals surface area contributed by atoms with Gasteiger partial charge in [-0.15, -0.1) is 0 Å². The van der Waals surface area contributed by atoms with Crippen LogP contribution in [0, 0.1) is 0 Å². The van der Waals surface area contributed by atoms with Crippen molar-refractivity contribution in [3.05, 3.63) is 194 Å². The van der Waals surface area contributed by atoms with Crippen LogP contribution in [0.3, 0.4) is 0 Å². The zero-order valence-electron chi connectivity index (χ0n) is 30.2. The summed E-state index contributed by atoms with van der Waals surface area (Å²) in [5, 5.41) is 4.30. The van der Waals surface area contributed by atoms with Gasteiger partial charge in [-0.2, -0.15) is 0 Å². The first-order chi connectivity index (χ1) is 27.8. The van der Waals surface area contributed by atoms with Crippen molar-refractivity contribution < 1.29 is 4.42 Å². The molecule has 11 rings (SSSR count). The Labute approximate surface area is 322 Å². The van der Waals surface area contributed by atoms with E-state index in [1.807, 2.05) is 36.4 Å². The van der Waals surface area contributed by atoms with Crippen LogP contribution in [-0.2, 0) is 0 Å². The third-order valence-corrected chi connectivity index (χ3v) is 10.7. The molecule has 8 aromatic carbocycles. The molecule has 0 radical (unpaired) electrons. The lowest BCUT2D eigenvalue weighted by atomic mass is 9.95. The largest absolute Gasteiger partial charge is 0.456 e. The van der Waals surface area contributed by atoms with E-state index in [9.17, 15) is 0 Å². The van der Waals surface area contributed by atoms with Crippen molar-refractivity contribution in [1.29, 1.82) is 0 Å². The quantitative estimate of drug-likeness (QED) is 0.172. The lowest BCUT2D eigenvalue weighted by Crippen LogP contribution is -2.01. The monoisotopic (exact) mass is 716 g/mol. The van der Waals surface area contributed by atoms with E-state index in [2.05, 4.69) is 162 Å². The van der Waals surface area contributed by atoms with Crippen LogP contribution in [0.25, 0.3) is 106 Å². The van der Waals surface area contributed by atoms with Crippen molar-refractivity contribution >= 4 is 43.7 Å². The lowest BCUT2D eigenvalue weighted by Gasteiger charge is -2.13. The first kappa shape index (κ1) is 31.9. The Morgan fingerprint density at radius 1 is 0.339 bits per heavy atom. The zero-order chi connectivity index (χ0) is 37.0. The molecular weight excluding hydrogens is 685 g/mol. The molecule has 56 heavy (non-hydrogen) atoms. The van der Waals surface area contributed by atoms with Gasteiger partial charge in [-0.25, -0.2) is 15.0 Å². The van der Waals surface area contributed by atoms with Gasteiger partial charge < -0.3 is 8.98 Å². The fraction of sp³-hybridized carbons (Fsp3) is 0. The molecule has 3 heterocycles. The predicted octanol–water partition coefficient (Wildman–Crippen LogP) is 13.2. The fourth-order valence-electron chi connectivity index (χ4n) is 8.10. The van der Waals surface area contributed by atoms with Gasteiger partial charge in [-0.05, 0) is 76.9 Å². The van der Waals surface area contributed by atoms with E-state index in [0.717, 1.165) is 82.8 Å². The van der Waals surface area contributed by atoms with Crippen LogP contribution >= 0.6 is 0 Å². The normalized spacial score (nSPS) is 11.6. The summed E-state index contributed by atoms with van der Waals surface area (Å²) in [6.45, 7) is 0. The van der Waals surface area contributed by atoms with Crippen LogP contribution in [0.1, 0.15) is 0 Å². The number of benzene rings is 8. The highest BCUT2D eigenvalue weighted by atomic mass is 16.3. The third-order valence-electron chi connectivity index (χ3n) is 10.7. The van der Waals surface area contributed by atoms with Gasteiger partial charge in [0.05, 0.1) is 11.0 Å². The number of aromatic nitrogens is 4. The highest BCUT2D eigenvalue weighted by molar-refractivity contribution is 6.15. The summed E-state index contributed by atoms with van der Waals surface area (Å²) in [5.41, 5.74) is 12.2. The predicted molar refractivity (Wildman–Crippen MR) is 229 cm³/mol. The molecule has 0 N–H and O–H groups in total. The van der Waals surface area contributed by atoms with E-state index < -0.39 is 0 Å². The van der Waals surface area contributed by atoms with E-state index in [0.29, 0.717) is 17.5 Å². The highest BCUT2D eigenvalue weighted by Gasteiger charge is 2.21. The van der Waals surface area contributed by atoms with Gasteiger partial charge >= 0.3 is 0 Å². The number of nitrogens with zero attached hydrogens (tertiary/aromatic N) is 4. The molecule has 0 bridgehead atoms. The van der Waals surface area contributed by atoms with Crippen LogP contribution in [0.2, 0.25) is 0 Å². The summed E-state index contributed by atoms with van der Waals surface area (Å²) in [6, 6.07) is 67.4. The smallest absolute Gasteiger partial charge is 0.164 e. The van der Waals surface area contributed by atoms with Crippen molar-refractivity contribution in [2.75, 3.05) is 0 Å². The van der Waals surface area contributed by atoms with Gasteiger partial charge in [0.2, 0.25) is 0 Å². The van der Waals surface area contributed by atoms with E-state index >= 15 is 0 Å². The van der Waals surface area contributed by atoms with Crippen molar-refractivity contribution in [2.24, 2.45) is 0 Å². The van der Waals surface area contributed by atoms with Crippen LogP contribution < -0.4 is 0 Å². The van der Waals surface area contributed by atoms with Crippen molar-refractivity contribution in [1.82, 2.24) is 19.5 Å². The van der Waals surface area contributed by atoms with Crippen LogP contribution in [-0.4, -0.2) is 19.5 Å². The number of furan rings is 1. The number of para-hydroxylation sites is 3. The molecule has 0 saturated heterocycles. The second-order valence-corrected chi connectivity index (χ2v) is 14.0. The molecule has 262 valence electrons. The van der Waals surface area contributed by atoms with Gasteiger partial charge in [0, 0.05) is 43.9 Å². The summed E-state index contributed by atoms with van der Waals surface area (Å²) in [6.07, 6.45) is 0. The number of hydrogen-bond donors (Lipinski definition) is 0. The molecule has 0 fully saturated rings. The van der Waals surface area contributed by atoms with Gasteiger partial charge in [0.25, 0.3) is 0 Å². The summed E-state index contributed by atoms with van der Waals surface area (Å²) in [5.74, 6) is 1.80. The molecule has 0 saturated carbocycles. The Kier molecular flexibility index (Phi) is 7.42. The summed E-state index contributed by atoms with van der Waals surface area (Å²) >= 11 is 0. The fourth-order valence-corrected chi connectivity index (χ4v) is 8.10. The van der Waals surface area contributed by atoms with Gasteiger partial charge in [0.15, 0.2) is 17.5 Å². The Morgan fingerprint density at radius 2 is 0.929 bits per heavy atom. The molecule has 3 aromatic heterocycles. The second kappa shape index (κ2) is 13.0. The minimum Gasteiger partial charge on any atom is -0.456 e. The first-order valence-corrected chi connectivity index (χ1v) is 18.8. The first-order valence-electron chi connectivity index (χ1n) is 18.8. The van der Waals surface area contributed by atoms with E-state index in [1.165, 1.54) is 5.56 Å². The molecule has 0 aliphatic heterocycles. The van der Waals surface area contributed by atoms with Gasteiger partial charge in [-0.1, -0.05) is 140 Å².